The maximum absolute atomic E-state index is 13.4. The van der Waals surface area contributed by atoms with Crippen molar-refractivity contribution in [2.24, 2.45) is 0 Å². The van der Waals surface area contributed by atoms with Gasteiger partial charge >= 0.3 is 0 Å². The average Bonchev–Trinajstić information content (AvgIpc) is 3.42. The maximum Gasteiger partial charge on any atom is 0.270 e. The molecule has 0 saturated carbocycles. The number of fused-ring (bicyclic) bond motifs is 1. The Hall–Kier alpha value is -3.26. The van der Waals surface area contributed by atoms with Gasteiger partial charge in [-0.3, -0.25) is 19.8 Å². The van der Waals surface area contributed by atoms with Crippen molar-refractivity contribution >= 4 is 22.9 Å². The fraction of sp³-hybridized carbons (Fsp3) is 0.273. The van der Waals surface area contributed by atoms with E-state index in [0.717, 1.165) is 16.1 Å². The Bertz CT molecular complexity index is 1210. The molecule has 5 rings (SSSR count). The van der Waals surface area contributed by atoms with E-state index in [1.165, 1.54) is 0 Å². The van der Waals surface area contributed by atoms with Gasteiger partial charge in [0.05, 0.1) is 25.7 Å². The molecule has 3 N–H and O–H groups in total. The lowest BCUT2D eigenvalue weighted by Crippen LogP contribution is -2.31. The molecule has 0 spiro atoms. The molecule has 30 heavy (non-hydrogen) atoms. The van der Waals surface area contributed by atoms with Crippen molar-refractivity contribution < 1.29 is 14.3 Å². The highest BCUT2D eigenvalue weighted by atomic mass is 32.1. The molecule has 0 unspecified atom stereocenters. The van der Waals surface area contributed by atoms with Crippen LogP contribution in [-0.2, 0) is 4.79 Å². The molecule has 7 nitrogen and oxygen atoms in total. The van der Waals surface area contributed by atoms with Gasteiger partial charge in [0.2, 0.25) is 0 Å². The Morgan fingerprint density at radius 1 is 1.03 bits per heavy atom. The van der Waals surface area contributed by atoms with Gasteiger partial charge in [-0.2, -0.15) is 0 Å². The zero-order valence-corrected chi connectivity index (χ0v) is 17.4. The summed E-state index contributed by atoms with van der Waals surface area (Å²) in [7, 11) is 3.21. The number of aromatic nitrogens is 2. The number of ketones is 1. The highest BCUT2D eigenvalue weighted by Crippen LogP contribution is 2.47. The molecular formula is C22H21N3O4S. The van der Waals surface area contributed by atoms with Gasteiger partial charge in [0.25, 0.3) is 5.56 Å². The molecule has 154 valence electrons. The van der Waals surface area contributed by atoms with Crippen LogP contribution in [0, 0.1) is 0 Å². The van der Waals surface area contributed by atoms with Gasteiger partial charge in [-0.15, -0.1) is 11.3 Å². The zero-order valence-electron chi connectivity index (χ0n) is 16.6. The largest absolute Gasteiger partial charge is 0.493 e. The fourth-order valence-electron chi connectivity index (χ4n) is 4.50. The third-order valence-corrected chi connectivity index (χ3v) is 6.82. The van der Waals surface area contributed by atoms with Crippen LogP contribution in [0.25, 0.3) is 0 Å². The van der Waals surface area contributed by atoms with Crippen LogP contribution in [0.15, 0.2) is 51.8 Å². The fourth-order valence-corrected chi connectivity index (χ4v) is 5.35. The summed E-state index contributed by atoms with van der Waals surface area (Å²) in [5.41, 5.74) is 2.97. The smallest absolute Gasteiger partial charge is 0.270 e. The highest BCUT2D eigenvalue weighted by molar-refractivity contribution is 7.10. The first-order valence-electron chi connectivity index (χ1n) is 9.69. The molecule has 0 fully saturated rings. The second-order valence-electron chi connectivity index (χ2n) is 7.48. The van der Waals surface area contributed by atoms with Gasteiger partial charge < -0.3 is 14.8 Å². The third kappa shape index (κ3) is 2.87. The predicted molar refractivity (Wildman–Crippen MR) is 115 cm³/mol. The minimum atomic E-state index is -0.342. The van der Waals surface area contributed by atoms with E-state index in [1.54, 1.807) is 25.6 Å². The number of hydrogen-bond acceptors (Lipinski definition) is 6. The molecule has 1 aromatic carbocycles. The van der Waals surface area contributed by atoms with Crippen LogP contribution in [0.2, 0.25) is 0 Å². The van der Waals surface area contributed by atoms with Crippen molar-refractivity contribution in [3.63, 3.8) is 0 Å². The first-order chi connectivity index (χ1) is 14.6. The summed E-state index contributed by atoms with van der Waals surface area (Å²) in [4.78, 5) is 26.8. The number of carbonyl (C=O) groups excluding carboxylic acids is 1. The number of hydrogen-bond donors (Lipinski definition) is 3. The van der Waals surface area contributed by atoms with Crippen molar-refractivity contribution in [3.8, 4) is 11.5 Å². The van der Waals surface area contributed by atoms with Crippen molar-refractivity contribution in [1.82, 2.24) is 10.2 Å². The molecule has 8 heteroatoms. The number of thiophene rings is 1. The Labute approximate surface area is 176 Å². The molecule has 3 aromatic rings. The van der Waals surface area contributed by atoms with Crippen LogP contribution in [0.5, 0.6) is 11.5 Å². The first kappa shape index (κ1) is 18.7. The van der Waals surface area contributed by atoms with E-state index in [-0.39, 0.29) is 23.2 Å². The zero-order chi connectivity index (χ0) is 20.8. The number of nitrogens with one attached hydrogen (secondary N) is 3. The Morgan fingerprint density at radius 3 is 2.60 bits per heavy atom. The van der Waals surface area contributed by atoms with E-state index in [1.807, 2.05) is 35.7 Å². The number of Topliss-reactive ketones (excluding diaryl/α,β-unsaturated/α-hetero) is 1. The van der Waals surface area contributed by atoms with Gasteiger partial charge in [-0.25, -0.2) is 0 Å². The lowest BCUT2D eigenvalue weighted by molar-refractivity contribution is -0.116. The van der Waals surface area contributed by atoms with Gasteiger partial charge in [0.15, 0.2) is 17.3 Å². The number of benzene rings is 1. The summed E-state index contributed by atoms with van der Waals surface area (Å²) < 4.78 is 10.8. The van der Waals surface area contributed by atoms with E-state index in [9.17, 15) is 9.59 Å². The van der Waals surface area contributed by atoms with Crippen LogP contribution < -0.4 is 20.3 Å². The lowest BCUT2D eigenvalue weighted by atomic mass is 9.74. The minimum Gasteiger partial charge on any atom is -0.493 e. The molecule has 1 aliphatic heterocycles. The lowest BCUT2D eigenvalue weighted by Gasteiger charge is -2.34. The standard InChI is InChI=1S/C22H21N3O4S/c1-28-15-6-5-11(10-16(15)29-2)12-8-13-18(14(26)9-12)19(17-4-3-7-30-17)20-21(23-13)24-25-22(20)27/h3-7,10,12,19H,8-9H2,1-2H3,(H3,23,24,25,27)/t12-,19-/m1/s1. The Morgan fingerprint density at radius 2 is 1.87 bits per heavy atom. The summed E-state index contributed by atoms with van der Waals surface area (Å²) in [5, 5.41) is 10.9. The topological polar surface area (TPSA) is 96.2 Å². The number of H-pyrrole nitrogens is 2. The summed E-state index contributed by atoms with van der Waals surface area (Å²) in [5.74, 6) is 1.68. The Balaban J connectivity index is 1.57. The second-order valence-corrected chi connectivity index (χ2v) is 8.46. The van der Waals surface area contributed by atoms with E-state index < -0.39 is 0 Å². The van der Waals surface area contributed by atoms with Crippen molar-refractivity contribution in [2.75, 3.05) is 19.5 Å². The third-order valence-electron chi connectivity index (χ3n) is 5.88. The number of aromatic amines is 2. The van der Waals surface area contributed by atoms with Crippen LogP contribution in [0.4, 0.5) is 5.82 Å². The van der Waals surface area contributed by atoms with Crippen molar-refractivity contribution in [1.29, 1.82) is 0 Å². The van der Waals surface area contributed by atoms with E-state index in [2.05, 4.69) is 15.5 Å². The molecule has 0 saturated heterocycles. The molecule has 1 aliphatic carbocycles. The molecule has 3 heterocycles. The summed E-state index contributed by atoms with van der Waals surface area (Å²) in [6.45, 7) is 0. The van der Waals surface area contributed by atoms with E-state index in [4.69, 9.17) is 9.47 Å². The number of anilines is 1. The SMILES string of the molecule is COc1ccc([C@H]2CC(=O)C3=C(C2)Nc2[nH][nH]c(=O)c2[C@@H]3c2cccs2)cc1OC. The highest BCUT2D eigenvalue weighted by Gasteiger charge is 2.40. The Kier molecular flexibility index (Phi) is 4.51. The van der Waals surface area contributed by atoms with E-state index >= 15 is 0 Å². The molecule has 0 amide bonds. The van der Waals surface area contributed by atoms with Crippen LogP contribution in [-0.4, -0.2) is 30.2 Å². The number of methoxy groups -OCH3 is 2. The van der Waals surface area contributed by atoms with Crippen molar-refractivity contribution in [3.05, 3.63) is 73.3 Å². The van der Waals surface area contributed by atoms with Crippen molar-refractivity contribution in [2.45, 2.75) is 24.7 Å². The molecule has 0 radical (unpaired) electrons. The quantitative estimate of drug-likeness (QED) is 0.594. The molecule has 2 aliphatic rings. The second kappa shape index (κ2) is 7.21. The normalized spacial score (nSPS) is 20.4. The van der Waals surface area contributed by atoms with Gasteiger partial charge in [-0.1, -0.05) is 12.1 Å². The molecule has 2 aromatic heterocycles. The van der Waals surface area contributed by atoms with Crippen LogP contribution in [0.3, 0.4) is 0 Å². The number of allylic oxidation sites excluding steroid dienone is 2. The summed E-state index contributed by atoms with van der Waals surface area (Å²) >= 11 is 1.56. The van der Waals surface area contributed by atoms with Crippen LogP contribution in [0.1, 0.15) is 40.7 Å². The predicted octanol–water partition coefficient (Wildman–Crippen LogP) is 3.74. The first-order valence-corrected chi connectivity index (χ1v) is 10.6. The number of rotatable bonds is 4. The maximum atomic E-state index is 13.4. The van der Waals surface area contributed by atoms with Gasteiger partial charge in [0, 0.05) is 22.6 Å². The summed E-state index contributed by atoms with van der Waals surface area (Å²) in [6.07, 6.45) is 1.06. The van der Waals surface area contributed by atoms with E-state index in [0.29, 0.717) is 41.3 Å². The van der Waals surface area contributed by atoms with Crippen LogP contribution >= 0.6 is 11.3 Å². The molecule has 0 bridgehead atoms. The number of ether oxygens (including phenoxy) is 2. The minimum absolute atomic E-state index is 0.0137. The molecule has 2 atom stereocenters. The number of carbonyl (C=O) groups is 1. The average molecular weight is 423 g/mol. The van der Waals surface area contributed by atoms with Gasteiger partial charge in [0.1, 0.15) is 5.82 Å². The summed E-state index contributed by atoms with van der Waals surface area (Å²) in [6, 6.07) is 9.71. The monoisotopic (exact) mass is 423 g/mol. The molecular weight excluding hydrogens is 402 g/mol. The van der Waals surface area contributed by atoms with Gasteiger partial charge in [-0.05, 0) is 41.5 Å².